The highest BCUT2D eigenvalue weighted by molar-refractivity contribution is 7.99. The molecule has 0 N–H and O–H groups in total. The third-order valence-corrected chi connectivity index (χ3v) is 7.00. The fourth-order valence-corrected chi connectivity index (χ4v) is 5.10. The lowest BCUT2D eigenvalue weighted by Gasteiger charge is -2.11. The van der Waals surface area contributed by atoms with E-state index in [1.807, 2.05) is 91.2 Å². The summed E-state index contributed by atoms with van der Waals surface area (Å²) in [6.45, 7) is 4.46. The number of thioether (sulfide) groups is 1. The second-order valence-electron chi connectivity index (χ2n) is 8.37. The number of hydrogen-bond acceptors (Lipinski definition) is 6. The lowest BCUT2D eigenvalue weighted by Crippen LogP contribution is -2.08. The third-order valence-electron chi connectivity index (χ3n) is 6.04. The van der Waals surface area contributed by atoms with E-state index in [0.717, 1.165) is 40.0 Å². The average Bonchev–Trinajstić information content (AvgIpc) is 3.63. The van der Waals surface area contributed by atoms with Crippen LogP contribution in [0.4, 0.5) is 0 Å². The van der Waals surface area contributed by atoms with Gasteiger partial charge in [-0.3, -0.25) is 9.36 Å². The topological polar surface area (TPSA) is 75.1 Å². The average molecular weight is 499 g/mol. The molecule has 7 nitrogen and oxygen atoms in total. The van der Waals surface area contributed by atoms with Crippen LogP contribution in [0.5, 0.6) is 5.75 Å². The highest BCUT2D eigenvalue weighted by Gasteiger charge is 2.20. The maximum Gasteiger partial charge on any atom is 0.192 e. The first-order valence-electron chi connectivity index (χ1n) is 11.6. The third kappa shape index (κ3) is 4.72. The number of nitrogens with zero attached hydrogens (tertiary/aromatic N) is 4. The normalized spacial score (nSPS) is 11.1. The van der Waals surface area contributed by atoms with Crippen molar-refractivity contribution in [2.75, 3.05) is 12.9 Å². The lowest BCUT2D eigenvalue weighted by atomic mass is 10.2. The number of carbonyl (C=O) groups excluding carboxylic acids is 1. The predicted molar refractivity (Wildman–Crippen MR) is 140 cm³/mol. The summed E-state index contributed by atoms with van der Waals surface area (Å²) < 4.78 is 14.9. The molecule has 8 heteroatoms. The summed E-state index contributed by atoms with van der Waals surface area (Å²) in [5.74, 6) is 2.62. The molecule has 0 radical (unpaired) electrons. The van der Waals surface area contributed by atoms with E-state index < -0.39 is 0 Å². The highest BCUT2D eigenvalue weighted by atomic mass is 32.2. The zero-order chi connectivity index (χ0) is 25.1. The molecule has 0 amide bonds. The first-order chi connectivity index (χ1) is 17.5. The first-order valence-corrected chi connectivity index (χ1v) is 12.5. The van der Waals surface area contributed by atoms with Crippen LogP contribution in [0.1, 0.15) is 27.5 Å². The van der Waals surface area contributed by atoms with Gasteiger partial charge in [-0.05, 0) is 56.3 Å². The molecular formula is C28H26N4O3S. The number of carbonyl (C=O) groups is 1. The van der Waals surface area contributed by atoms with Crippen LogP contribution in [0, 0.1) is 13.8 Å². The Balaban J connectivity index is 1.39. The smallest absolute Gasteiger partial charge is 0.192 e. The maximum atomic E-state index is 13.3. The molecular weight excluding hydrogens is 472 g/mol. The van der Waals surface area contributed by atoms with Crippen LogP contribution in [-0.4, -0.2) is 38.0 Å². The Morgan fingerprint density at radius 2 is 1.78 bits per heavy atom. The monoisotopic (exact) mass is 498 g/mol. The molecule has 182 valence electrons. The Bertz CT molecular complexity index is 1470. The van der Waals surface area contributed by atoms with Gasteiger partial charge >= 0.3 is 0 Å². The number of methoxy groups -OCH3 is 1. The van der Waals surface area contributed by atoms with Crippen LogP contribution in [0.15, 0.2) is 88.6 Å². The van der Waals surface area contributed by atoms with Gasteiger partial charge in [-0.25, -0.2) is 0 Å². The molecule has 3 aromatic heterocycles. The zero-order valence-electron chi connectivity index (χ0n) is 20.3. The Kier molecular flexibility index (Phi) is 6.77. The zero-order valence-corrected chi connectivity index (χ0v) is 21.2. The minimum absolute atomic E-state index is 0.0432. The number of furan rings is 1. The largest absolute Gasteiger partial charge is 0.497 e. The van der Waals surface area contributed by atoms with Crippen LogP contribution in [-0.2, 0) is 6.54 Å². The Hall–Kier alpha value is -4.04. The molecule has 0 spiro atoms. The van der Waals surface area contributed by atoms with E-state index in [2.05, 4.69) is 14.8 Å². The van der Waals surface area contributed by atoms with Gasteiger partial charge in [0.2, 0.25) is 0 Å². The van der Waals surface area contributed by atoms with Crippen LogP contribution >= 0.6 is 11.8 Å². The summed E-state index contributed by atoms with van der Waals surface area (Å²) in [4.78, 5) is 13.3. The minimum Gasteiger partial charge on any atom is -0.497 e. The van der Waals surface area contributed by atoms with Crippen LogP contribution in [0.2, 0.25) is 0 Å². The Labute approximate surface area is 213 Å². The molecule has 0 unspecified atom stereocenters. The number of ketones is 1. The van der Waals surface area contributed by atoms with Gasteiger partial charge in [0, 0.05) is 28.2 Å². The summed E-state index contributed by atoms with van der Waals surface area (Å²) in [6.07, 6.45) is 1.65. The van der Waals surface area contributed by atoms with Crippen molar-refractivity contribution in [3.05, 3.63) is 102 Å². The van der Waals surface area contributed by atoms with E-state index >= 15 is 0 Å². The van der Waals surface area contributed by atoms with Crippen molar-refractivity contribution in [1.29, 1.82) is 0 Å². The van der Waals surface area contributed by atoms with Gasteiger partial charge in [-0.15, -0.1) is 10.2 Å². The first kappa shape index (κ1) is 23.7. The number of aromatic nitrogens is 4. The van der Waals surface area contributed by atoms with Gasteiger partial charge in [-0.1, -0.05) is 42.1 Å². The molecule has 36 heavy (non-hydrogen) atoms. The molecule has 0 aliphatic carbocycles. The summed E-state index contributed by atoms with van der Waals surface area (Å²) in [5, 5.41) is 9.51. The quantitative estimate of drug-likeness (QED) is 0.184. The van der Waals surface area contributed by atoms with Crippen molar-refractivity contribution in [2.45, 2.75) is 25.5 Å². The van der Waals surface area contributed by atoms with Crippen molar-refractivity contribution in [2.24, 2.45) is 0 Å². The summed E-state index contributed by atoms with van der Waals surface area (Å²) >= 11 is 1.38. The van der Waals surface area contributed by atoms with E-state index in [9.17, 15) is 4.79 Å². The van der Waals surface area contributed by atoms with Gasteiger partial charge in [0.15, 0.2) is 16.8 Å². The number of rotatable bonds is 9. The molecule has 0 atom stereocenters. The second kappa shape index (κ2) is 10.3. The number of Topliss-reactive ketones (excluding diaryl/α,β-unsaturated/α-hetero) is 1. The van der Waals surface area contributed by atoms with Gasteiger partial charge in [0.05, 0.1) is 25.7 Å². The van der Waals surface area contributed by atoms with E-state index in [1.54, 1.807) is 13.4 Å². The number of aryl methyl sites for hydroxylation is 1. The van der Waals surface area contributed by atoms with Crippen molar-refractivity contribution in [3.63, 3.8) is 0 Å². The van der Waals surface area contributed by atoms with Crippen LogP contribution < -0.4 is 4.74 Å². The van der Waals surface area contributed by atoms with E-state index in [1.165, 1.54) is 11.8 Å². The van der Waals surface area contributed by atoms with Gasteiger partial charge in [-0.2, -0.15) is 0 Å². The van der Waals surface area contributed by atoms with E-state index in [4.69, 9.17) is 9.15 Å². The molecule has 0 saturated heterocycles. The van der Waals surface area contributed by atoms with Crippen molar-refractivity contribution in [1.82, 2.24) is 19.3 Å². The fraction of sp³-hybridized carbons (Fsp3) is 0.179. The standard InChI is InChI=1S/C28H26N4O3S/c1-19-16-25(20(2)32(19)22-11-13-23(34-3)14-12-22)26(33)18-36-28-30-29-27(21-8-5-4-6-9-21)31(28)17-24-10-7-15-35-24/h4-16H,17-18H2,1-3H3. The SMILES string of the molecule is COc1ccc(-n2c(C)cc(C(=O)CSc3nnc(-c4ccccc4)n3Cc3ccco3)c2C)cc1. The molecule has 5 rings (SSSR count). The molecule has 0 bridgehead atoms. The number of benzene rings is 2. The van der Waals surface area contributed by atoms with E-state index in [0.29, 0.717) is 17.3 Å². The summed E-state index contributed by atoms with van der Waals surface area (Å²) in [6, 6.07) is 23.4. The van der Waals surface area contributed by atoms with Crippen LogP contribution in [0.3, 0.4) is 0 Å². The molecule has 0 aliphatic rings. The highest BCUT2D eigenvalue weighted by Crippen LogP contribution is 2.28. The maximum absolute atomic E-state index is 13.3. The van der Waals surface area contributed by atoms with Crippen molar-refractivity contribution < 1.29 is 13.9 Å². The van der Waals surface area contributed by atoms with E-state index in [-0.39, 0.29) is 11.5 Å². The van der Waals surface area contributed by atoms with Crippen LogP contribution in [0.25, 0.3) is 17.1 Å². The number of hydrogen-bond donors (Lipinski definition) is 0. The van der Waals surface area contributed by atoms with Gasteiger partial charge in [0.25, 0.3) is 0 Å². The second-order valence-corrected chi connectivity index (χ2v) is 9.31. The minimum atomic E-state index is 0.0432. The number of ether oxygens (including phenoxy) is 1. The van der Waals surface area contributed by atoms with Gasteiger partial charge in [0.1, 0.15) is 11.5 Å². The predicted octanol–water partition coefficient (Wildman–Crippen LogP) is 5.98. The molecule has 0 fully saturated rings. The summed E-state index contributed by atoms with van der Waals surface area (Å²) in [7, 11) is 1.65. The molecule has 0 aliphatic heterocycles. The Morgan fingerprint density at radius 1 is 1.00 bits per heavy atom. The van der Waals surface area contributed by atoms with Gasteiger partial charge < -0.3 is 13.7 Å². The molecule has 0 saturated carbocycles. The molecule has 2 aromatic carbocycles. The summed E-state index contributed by atoms with van der Waals surface area (Å²) in [5.41, 5.74) is 4.56. The molecule has 3 heterocycles. The molecule has 5 aromatic rings. The Morgan fingerprint density at radius 3 is 2.47 bits per heavy atom. The lowest BCUT2D eigenvalue weighted by molar-refractivity contribution is 0.102. The van der Waals surface area contributed by atoms with Crippen molar-refractivity contribution >= 4 is 17.5 Å². The van der Waals surface area contributed by atoms with Crippen molar-refractivity contribution in [3.8, 4) is 22.8 Å². The fourth-order valence-electron chi connectivity index (χ4n) is 4.28.